The molecule has 1 unspecified atom stereocenters. The molecule has 2 aromatic carbocycles. The van der Waals surface area contributed by atoms with Gasteiger partial charge in [-0.1, -0.05) is 18.2 Å². The van der Waals surface area contributed by atoms with Crippen molar-refractivity contribution in [2.45, 2.75) is 19.5 Å². The number of anilines is 1. The molecule has 0 saturated carbocycles. The number of nitrogens with two attached hydrogens (primary N) is 1. The molecule has 0 radical (unpaired) electrons. The van der Waals surface area contributed by atoms with Crippen molar-refractivity contribution >= 4 is 45.4 Å². The summed E-state index contributed by atoms with van der Waals surface area (Å²) < 4.78 is 27.6. The zero-order valence-corrected chi connectivity index (χ0v) is 26.0. The number of amides is 1. The number of ether oxygens (including phenoxy) is 1. The first-order valence-electron chi connectivity index (χ1n) is 14.7. The lowest BCUT2D eigenvalue weighted by atomic mass is 10.0. The summed E-state index contributed by atoms with van der Waals surface area (Å²) in [6.07, 6.45) is 2.25. The van der Waals surface area contributed by atoms with E-state index in [2.05, 4.69) is 20.9 Å². The summed E-state index contributed by atoms with van der Waals surface area (Å²) in [5.41, 5.74) is 7.87. The van der Waals surface area contributed by atoms with Crippen LogP contribution in [0.5, 0.6) is 5.75 Å². The van der Waals surface area contributed by atoms with E-state index in [1.54, 1.807) is 33.1 Å². The number of halogens is 1. The Morgan fingerprint density at radius 3 is 2.63 bits per heavy atom. The van der Waals surface area contributed by atoms with Gasteiger partial charge in [0.05, 0.1) is 17.9 Å². The molecule has 1 saturated heterocycles. The van der Waals surface area contributed by atoms with Gasteiger partial charge in [0.15, 0.2) is 5.65 Å². The van der Waals surface area contributed by atoms with Crippen molar-refractivity contribution in [1.82, 2.24) is 29.5 Å². The minimum atomic E-state index is -0.629. The zero-order valence-electron chi connectivity index (χ0n) is 25.1. The second-order valence-corrected chi connectivity index (χ2v) is 12.3. The summed E-state index contributed by atoms with van der Waals surface area (Å²) in [6, 6.07) is 15.2. The molecule has 5 heterocycles. The molecule has 13 heteroatoms. The molecule has 4 aromatic heterocycles. The topological polar surface area (TPSA) is 133 Å². The highest BCUT2D eigenvalue weighted by Crippen LogP contribution is 2.41. The lowest BCUT2D eigenvalue weighted by Crippen LogP contribution is -2.44. The van der Waals surface area contributed by atoms with Crippen LogP contribution < -0.4 is 16.1 Å². The van der Waals surface area contributed by atoms with Gasteiger partial charge in [-0.25, -0.2) is 23.8 Å². The van der Waals surface area contributed by atoms with E-state index in [1.807, 2.05) is 31.2 Å². The second-order valence-electron chi connectivity index (χ2n) is 11.2. The van der Waals surface area contributed by atoms with Gasteiger partial charge >= 0.3 is 5.63 Å². The monoisotopic (exact) mass is 639 g/mol. The summed E-state index contributed by atoms with van der Waals surface area (Å²) in [4.78, 5) is 39.4. The van der Waals surface area contributed by atoms with Gasteiger partial charge in [-0.05, 0) is 37.3 Å². The Balaban J connectivity index is 1.36. The van der Waals surface area contributed by atoms with E-state index in [1.165, 1.54) is 25.6 Å². The smallest absolute Gasteiger partial charge is 0.343 e. The molecule has 1 aliphatic heterocycles. The number of rotatable bonds is 8. The molecule has 0 bridgehead atoms. The number of aromatic nitrogens is 4. The fraction of sp³-hybridized carbons (Fsp3) is 0.242. The van der Waals surface area contributed by atoms with Crippen molar-refractivity contribution in [2.24, 2.45) is 0 Å². The molecule has 1 amide bonds. The first kappa shape index (κ1) is 29.6. The zero-order chi connectivity index (χ0) is 31.9. The van der Waals surface area contributed by atoms with Gasteiger partial charge in [-0.3, -0.25) is 9.69 Å². The van der Waals surface area contributed by atoms with E-state index < -0.39 is 17.5 Å². The van der Waals surface area contributed by atoms with Crippen molar-refractivity contribution in [3.05, 3.63) is 87.8 Å². The number of piperazine rings is 1. The Hall–Kier alpha value is -5.14. The Morgan fingerprint density at radius 1 is 1.09 bits per heavy atom. The van der Waals surface area contributed by atoms with E-state index in [9.17, 15) is 14.0 Å². The van der Waals surface area contributed by atoms with Gasteiger partial charge in [0.25, 0.3) is 0 Å². The fourth-order valence-electron chi connectivity index (χ4n) is 6.01. The number of hydrogen-bond acceptors (Lipinski definition) is 10. The van der Waals surface area contributed by atoms with Gasteiger partial charge < -0.3 is 19.8 Å². The lowest BCUT2D eigenvalue weighted by Gasteiger charge is -2.32. The van der Waals surface area contributed by atoms with Crippen LogP contribution in [0.3, 0.4) is 0 Å². The Bertz CT molecular complexity index is 2150. The number of nitrogens with zero attached hydrogens (tertiary/aromatic N) is 6. The fourth-order valence-corrected chi connectivity index (χ4v) is 7.12. The van der Waals surface area contributed by atoms with E-state index in [4.69, 9.17) is 20.0 Å². The van der Waals surface area contributed by atoms with Crippen LogP contribution in [-0.2, 0) is 11.3 Å². The van der Waals surface area contributed by atoms with Crippen LogP contribution in [0.2, 0.25) is 0 Å². The Kier molecular flexibility index (Phi) is 7.70. The molecule has 1 atom stereocenters. The highest BCUT2D eigenvalue weighted by molar-refractivity contribution is 7.15. The van der Waals surface area contributed by atoms with Crippen molar-refractivity contribution in [3.8, 4) is 27.4 Å². The quantitative estimate of drug-likeness (QED) is 0.230. The molecule has 11 nitrogen and oxygen atoms in total. The highest BCUT2D eigenvalue weighted by atomic mass is 32.1. The van der Waals surface area contributed by atoms with Crippen LogP contribution >= 0.6 is 11.3 Å². The Labute approximate surface area is 266 Å². The molecule has 46 heavy (non-hydrogen) atoms. The summed E-state index contributed by atoms with van der Waals surface area (Å²) in [6.45, 7) is 5.63. The minimum Gasteiger partial charge on any atom is -0.497 e. The van der Waals surface area contributed by atoms with Gasteiger partial charge in [0, 0.05) is 65.1 Å². The number of benzene rings is 2. The third-order valence-electron chi connectivity index (χ3n) is 8.35. The summed E-state index contributed by atoms with van der Waals surface area (Å²) in [5, 5.41) is 6.54. The third-order valence-corrected chi connectivity index (χ3v) is 9.44. The molecule has 1 fully saturated rings. The number of thiophene rings is 1. The molecular formula is C33H30FN7O4S. The normalized spacial score (nSPS) is 14.6. The number of hydrogen-bond donors (Lipinski definition) is 1. The van der Waals surface area contributed by atoms with Crippen LogP contribution in [0.25, 0.3) is 43.5 Å². The number of methoxy groups -OCH3 is 1. The van der Waals surface area contributed by atoms with Gasteiger partial charge in [0.1, 0.15) is 41.2 Å². The van der Waals surface area contributed by atoms with E-state index in [-0.39, 0.29) is 5.82 Å². The largest absolute Gasteiger partial charge is 0.497 e. The first-order chi connectivity index (χ1) is 22.3. The average Bonchev–Trinajstić information content (AvgIpc) is 3.70. The molecule has 0 spiro atoms. The van der Waals surface area contributed by atoms with Crippen LogP contribution in [0.15, 0.2) is 70.1 Å². The van der Waals surface area contributed by atoms with Crippen LogP contribution in [-0.4, -0.2) is 69.2 Å². The first-order valence-corrected chi connectivity index (χ1v) is 15.6. The molecule has 234 valence electrons. The van der Waals surface area contributed by atoms with Crippen molar-refractivity contribution in [3.63, 3.8) is 0 Å². The summed E-state index contributed by atoms with van der Waals surface area (Å²) >= 11 is 1.63. The average molecular weight is 640 g/mol. The van der Waals surface area contributed by atoms with Crippen LogP contribution in [0.1, 0.15) is 23.6 Å². The predicted molar refractivity (Wildman–Crippen MR) is 174 cm³/mol. The van der Waals surface area contributed by atoms with Crippen molar-refractivity contribution < 1.29 is 18.3 Å². The van der Waals surface area contributed by atoms with Gasteiger partial charge in [0.2, 0.25) is 6.41 Å². The number of nitrogen functional groups attached to an aromatic ring is 1. The molecular weight excluding hydrogens is 609 g/mol. The molecule has 0 aliphatic carbocycles. The summed E-state index contributed by atoms with van der Waals surface area (Å²) in [5.74, 6) is 0.408. The van der Waals surface area contributed by atoms with Crippen LogP contribution in [0, 0.1) is 5.82 Å². The van der Waals surface area contributed by atoms with Crippen molar-refractivity contribution in [1.29, 1.82) is 0 Å². The Morgan fingerprint density at radius 2 is 1.87 bits per heavy atom. The number of fused-ring (bicyclic) bond motifs is 2. The maximum absolute atomic E-state index is 14.6. The molecule has 6 aromatic rings. The predicted octanol–water partition coefficient (Wildman–Crippen LogP) is 4.94. The number of carbonyl (C=O) groups is 1. The van der Waals surface area contributed by atoms with Gasteiger partial charge in [-0.2, -0.15) is 5.10 Å². The maximum atomic E-state index is 14.6. The molecule has 2 N–H and O–H groups in total. The summed E-state index contributed by atoms with van der Waals surface area (Å²) in [7, 11) is 1.46. The maximum Gasteiger partial charge on any atom is 0.343 e. The standard InChI is InChI=1S/C33H30FN7O4S/c1-19(41-32-28(31(35)36-17-37-32)29(38-41)20-13-21(34)15-22(14-20)44-2)30-27(24-5-3-4-6-25(24)33(43)45-30)26-8-7-23(46-26)16-39-9-11-40(18-42)12-10-39/h3-8,13-15,17-19H,9-12,16H2,1-2H3,(H2,35,36,37). The third kappa shape index (κ3) is 5.26. The number of carbonyl (C=O) groups excluding carboxylic acids is 1. The molecule has 1 aliphatic rings. The lowest BCUT2D eigenvalue weighted by molar-refractivity contribution is -0.119. The van der Waals surface area contributed by atoms with Crippen LogP contribution in [0.4, 0.5) is 10.2 Å². The van der Waals surface area contributed by atoms with Gasteiger partial charge in [-0.15, -0.1) is 11.3 Å². The van der Waals surface area contributed by atoms with E-state index in [0.717, 1.165) is 46.7 Å². The van der Waals surface area contributed by atoms with E-state index in [0.29, 0.717) is 52.3 Å². The van der Waals surface area contributed by atoms with Crippen molar-refractivity contribution in [2.75, 3.05) is 39.0 Å². The minimum absolute atomic E-state index is 0.179. The molecule has 7 rings (SSSR count). The van der Waals surface area contributed by atoms with E-state index >= 15 is 0 Å². The second kappa shape index (κ2) is 12.0. The SMILES string of the molecule is COc1cc(F)cc(-c2nn(C(C)c3oc(=O)c4ccccc4c3-c3ccc(CN4CCN(C=O)CC4)s3)c3ncnc(N)c23)c1. The highest BCUT2D eigenvalue weighted by Gasteiger charge is 2.28.